The molecule has 0 aromatic heterocycles. The van der Waals surface area contributed by atoms with Crippen molar-refractivity contribution in [3.8, 4) is 11.5 Å². The van der Waals surface area contributed by atoms with Crippen LogP contribution >= 0.6 is 0 Å². The maximum Gasteiger partial charge on any atom is 0.130 e. The van der Waals surface area contributed by atoms with Crippen LogP contribution in [0.4, 0.5) is 0 Å². The van der Waals surface area contributed by atoms with Crippen LogP contribution in [0.1, 0.15) is 29.8 Å². The molecule has 0 radical (unpaired) electrons. The maximum absolute atomic E-state index is 6.13. The van der Waals surface area contributed by atoms with Crippen molar-refractivity contribution in [2.45, 2.75) is 18.6 Å². The number of ether oxygens (including phenoxy) is 3. The van der Waals surface area contributed by atoms with Gasteiger partial charge in [-0.25, -0.2) is 0 Å². The fraction of sp³-hybridized carbons (Fsp3) is 0.294. The molecular weight excluding hydrogens is 252 g/mol. The molecule has 3 rings (SSSR count). The van der Waals surface area contributed by atoms with E-state index in [-0.39, 0.29) is 12.2 Å². The molecule has 0 saturated carbocycles. The quantitative estimate of drug-likeness (QED) is 0.846. The van der Waals surface area contributed by atoms with Crippen LogP contribution < -0.4 is 9.47 Å². The van der Waals surface area contributed by atoms with E-state index in [1.54, 1.807) is 14.2 Å². The molecule has 1 heterocycles. The zero-order chi connectivity index (χ0) is 13.9. The molecule has 0 aliphatic carbocycles. The van der Waals surface area contributed by atoms with E-state index in [4.69, 9.17) is 14.2 Å². The topological polar surface area (TPSA) is 27.7 Å². The molecule has 104 valence electrons. The summed E-state index contributed by atoms with van der Waals surface area (Å²) in [5, 5.41) is 0. The van der Waals surface area contributed by atoms with Gasteiger partial charge in [0, 0.05) is 24.7 Å². The Bertz CT molecular complexity index is 594. The van der Waals surface area contributed by atoms with Crippen LogP contribution in [0.2, 0.25) is 0 Å². The third-order valence-corrected chi connectivity index (χ3v) is 3.73. The molecule has 2 unspecified atom stereocenters. The van der Waals surface area contributed by atoms with Crippen LogP contribution in [0.25, 0.3) is 0 Å². The summed E-state index contributed by atoms with van der Waals surface area (Å²) in [4.78, 5) is 0. The average Bonchev–Trinajstić information content (AvgIpc) is 2.53. The summed E-state index contributed by atoms with van der Waals surface area (Å²) in [5.41, 5.74) is 2.17. The first-order valence-corrected chi connectivity index (χ1v) is 6.74. The van der Waals surface area contributed by atoms with E-state index in [0.29, 0.717) is 0 Å². The molecule has 2 atom stereocenters. The molecule has 1 aliphatic heterocycles. The van der Waals surface area contributed by atoms with Crippen molar-refractivity contribution in [1.29, 1.82) is 0 Å². The number of fused-ring (bicyclic) bond motifs is 1. The second kappa shape index (κ2) is 5.55. The largest absolute Gasteiger partial charge is 0.496 e. The van der Waals surface area contributed by atoms with Crippen LogP contribution in [-0.4, -0.2) is 14.2 Å². The lowest BCUT2D eigenvalue weighted by Gasteiger charge is -2.32. The van der Waals surface area contributed by atoms with Crippen molar-refractivity contribution in [3.63, 3.8) is 0 Å². The number of para-hydroxylation sites is 2. The molecule has 0 bridgehead atoms. The molecule has 1 aliphatic rings. The highest BCUT2D eigenvalue weighted by Gasteiger charge is 2.30. The second-order valence-electron chi connectivity index (χ2n) is 4.85. The van der Waals surface area contributed by atoms with Gasteiger partial charge in [-0.05, 0) is 12.1 Å². The Morgan fingerprint density at radius 1 is 0.950 bits per heavy atom. The van der Waals surface area contributed by atoms with Gasteiger partial charge in [-0.3, -0.25) is 0 Å². The summed E-state index contributed by atoms with van der Waals surface area (Å²) >= 11 is 0. The van der Waals surface area contributed by atoms with Gasteiger partial charge in [0.2, 0.25) is 0 Å². The predicted molar refractivity (Wildman–Crippen MR) is 77.2 cm³/mol. The zero-order valence-electron chi connectivity index (χ0n) is 11.7. The van der Waals surface area contributed by atoms with Gasteiger partial charge in [0.05, 0.1) is 13.2 Å². The lowest BCUT2D eigenvalue weighted by molar-refractivity contribution is 0.0294. The standard InChI is InChI=1S/C17H18O3/c1-18-14-9-5-3-7-12(14)17-11-16(19-2)13-8-4-6-10-15(13)20-17/h3-10,16-17H,11H2,1-2H3. The molecule has 0 amide bonds. The van der Waals surface area contributed by atoms with E-state index >= 15 is 0 Å². The van der Waals surface area contributed by atoms with Crippen molar-refractivity contribution < 1.29 is 14.2 Å². The first kappa shape index (κ1) is 13.0. The van der Waals surface area contributed by atoms with Crippen LogP contribution in [0, 0.1) is 0 Å². The first-order valence-electron chi connectivity index (χ1n) is 6.74. The molecule has 2 aromatic rings. The number of benzene rings is 2. The normalized spacial score (nSPS) is 20.9. The van der Waals surface area contributed by atoms with Crippen molar-refractivity contribution >= 4 is 0 Å². The third-order valence-electron chi connectivity index (χ3n) is 3.73. The number of hydrogen-bond donors (Lipinski definition) is 0. The Morgan fingerprint density at radius 2 is 1.65 bits per heavy atom. The Labute approximate surface area is 119 Å². The smallest absolute Gasteiger partial charge is 0.130 e. The van der Waals surface area contributed by atoms with Gasteiger partial charge in [0.15, 0.2) is 0 Å². The molecule has 0 spiro atoms. The van der Waals surface area contributed by atoms with Crippen LogP contribution in [0.3, 0.4) is 0 Å². The summed E-state index contributed by atoms with van der Waals surface area (Å²) in [7, 11) is 3.43. The molecule has 0 fully saturated rings. The molecule has 0 N–H and O–H groups in total. The van der Waals surface area contributed by atoms with Crippen molar-refractivity contribution in [1.82, 2.24) is 0 Å². The summed E-state index contributed by atoms with van der Waals surface area (Å²) in [6.45, 7) is 0. The summed E-state index contributed by atoms with van der Waals surface area (Å²) in [6, 6.07) is 16.0. The Hall–Kier alpha value is -2.00. The molecule has 2 aromatic carbocycles. The minimum absolute atomic E-state index is 0.0500. The highest BCUT2D eigenvalue weighted by Crippen LogP contribution is 2.43. The van der Waals surface area contributed by atoms with Gasteiger partial charge < -0.3 is 14.2 Å². The second-order valence-corrected chi connectivity index (χ2v) is 4.85. The van der Waals surface area contributed by atoms with Gasteiger partial charge in [-0.1, -0.05) is 36.4 Å². The molecule has 3 nitrogen and oxygen atoms in total. The van der Waals surface area contributed by atoms with Crippen LogP contribution in [0.15, 0.2) is 48.5 Å². The van der Waals surface area contributed by atoms with E-state index in [1.165, 1.54) is 0 Å². The summed E-state index contributed by atoms with van der Waals surface area (Å²) in [5.74, 6) is 1.74. The Balaban J connectivity index is 1.98. The monoisotopic (exact) mass is 270 g/mol. The summed E-state index contributed by atoms with van der Waals surface area (Å²) < 4.78 is 17.2. The van der Waals surface area contributed by atoms with Crippen molar-refractivity contribution in [2.24, 2.45) is 0 Å². The van der Waals surface area contributed by atoms with Crippen LogP contribution in [-0.2, 0) is 4.74 Å². The average molecular weight is 270 g/mol. The number of hydrogen-bond acceptors (Lipinski definition) is 3. The van der Waals surface area contributed by atoms with E-state index in [1.807, 2.05) is 42.5 Å². The van der Waals surface area contributed by atoms with E-state index in [2.05, 4.69) is 6.07 Å². The number of rotatable bonds is 3. The lowest BCUT2D eigenvalue weighted by atomic mass is 9.94. The molecule has 3 heteroatoms. The maximum atomic E-state index is 6.13. The van der Waals surface area contributed by atoms with Crippen molar-refractivity contribution in [3.05, 3.63) is 59.7 Å². The fourth-order valence-corrected chi connectivity index (χ4v) is 2.72. The van der Waals surface area contributed by atoms with Gasteiger partial charge >= 0.3 is 0 Å². The SMILES string of the molecule is COc1ccccc1C1CC(OC)c2ccccc2O1. The molecular formula is C17H18O3. The van der Waals surface area contributed by atoms with E-state index in [0.717, 1.165) is 29.0 Å². The van der Waals surface area contributed by atoms with Crippen molar-refractivity contribution in [2.75, 3.05) is 14.2 Å². The Kier molecular flexibility index (Phi) is 3.61. The van der Waals surface area contributed by atoms with Crippen LogP contribution in [0.5, 0.6) is 11.5 Å². The third kappa shape index (κ3) is 2.25. The predicted octanol–water partition coefficient (Wildman–Crippen LogP) is 3.91. The molecule has 0 saturated heterocycles. The molecule has 20 heavy (non-hydrogen) atoms. The van der Waals surface area contributed by atoms with Gasteiger partial charge in [0.25, 0.3) is 0 Å². The van der Waals surface area contributed by atoms with Gasteiger partial charge in [0.1, 0.15) is 17.6 Å². The minimum atomic E-state index is -0.0500. The summed E-state index contributed by atoms with van der Waals surface area (Å²) in [6.07, 6.45) is 0.786. The first-order chi connectivity index (χ1) is 9.83. The number of methoxy groups -OCH3 is 2. The highest BCUT2D eigenvalue weighted by molar-refractivity contribution is 5.41. The van der Waals surface area contributed by atoms with Gasteiger partial charge in [-0.15, -0.1) is 0 Å². The van der Waals surface area contributed by atoms with E-state index in [9.17, 15) is 0 Å². The minimum Gasteiger partial charge on any atom is -0.496 e. The van der Waals surface area contributed by atoms with Gasteiger partial charge in [-0.2, -0.15) is 0 Å². The zero-order valence-corrected chi connectivity index (χ0v) is 11.7. The Morgan fingerprint density at radius 3 is 2.40 bits per heavy atom. The lowest BCUT2D eigenvalue weighted by Crippen LogP contribution is -2.20. The highest BCUT2D eigenvalue weighted by atomic mass is 16.5. The fourth-order valence-electron chi connectivity index (χ4n) is 2.72. The van der Waals surface area contributed by atoms with E-state index < -0.39 is 0 Å².